The smallest absolute Gasteiger partial charge is 0.245 e. The van der Waals surface area contributed by atoms with Gasteiger partial charge in [0.1, 0.15) is 12.1 Å². The molecule has 10 atom stereocenters. The normalized spacial score (nSPS) is 19.3. The van der Waals surface area contributed by atoms with Gasteiger partial charge < -0.3 is 45.6 Å². The molecule has 14 heteroatoms. The van der Waals surface area contributed by atoms with Crippen LogP contribution in [-0.4, -0.2) is 133 Å². The molecule has 1 saturated heterocycles. The number of likely N-dealkylation sites (N-methyl/N-ethyl adjacent to an activating group) is 2. The van der Waals surface area contributed by atoms with Gasteiger partial charge in [-0.3, -0.25) is 24.0 Å². The van der Waals surface area contributed by atoms with Gasteiger partial charge in [0.25, 0.3) is 0 Å². The van der Waals surface area contributed by atoms with Crippen molar-refractivity contribution in [3.8, 4) is 0 Å². The summed E-state index contributed by atoms with van der Waals surface area (Å²) in [6.45, 7) is 15.6. The number of hydrogen-bond acceptors (Lipinski definition) is 9. The molecule has 0 radical (unpaired) electrons. The van der Waals surface area contributed by atoms with Crippen molar-refractivity contribution >= 4 is 29.5 Å². The Hall–Kier alpha value is -3.59. The van der Waals surface area contributed by atoms with Crippen molar-refractivity contribution in [2.24, 2.45) is 29.4 Å². The van der Waals surface area contributed by atoms with E-state index in [9.17, 15) is 29.1 Å². The predicted molar refractivity (Wildman–Crippen MR) is 217 cm³/mol. The first kappa shape index (κ1) is 48.6. The maximum Gasteiger partial charge on any atom is 0.245 e. The molecule has 1 unspecified atom stereocenters. The van der Waals surface area contributed by atoms with Crippen LogP contribution in [0, 0.1) is 23.7 Å². The molecular weight excluding hydrogens is 716 g/mol. The number of aliphatic hydroxyl groups excluding tert-OH is 1. The van der Waals surface area contributed by atoms with E-state index in [-0.39, 0.29) is 66.8 Å². The first-order valence-corrected chi connectivity index (χ1v) is 20.3. The van der Waals surface area contributed by atoms with E-state index >= 15 is 0 Å². The van der Waals surface area contributed by atoms with Gasteiger partial charge in [-0.1, -0.05) is 85.2 Å². The molecule has 318 valence electrons. The summed E-state index contributed by atoms with van der Waals surface area (Å²) < 4.78 is 11.9. The summed E-state index contributed by atoms with van der Waals surface area (Å²) >= 11 is 0. The molecule has 0 bridgehead atoms. The van der Waals surface area contributed by atoms with Crippen molar-refractivity contribution < 1.29 is 38.6 Å². The van der Waals surface area contributed by atoms with Crippen molar-refractivity contribution in [2.45, 2.75) is 136 Å². The number of methoxy groups -OCH3 is 2. The van der Waals surface area contributed by atoms with Gasteiger partial charge in [-0.2, -0.15) is 0 Å². The maximum atomic E-state index is 14.4. The quantitative estimate of drug-likeness (QED) is 0.137. The minimum atomic E-state index is -0.902. The molecule has 56 heavy (non-hydrogen) atoms. The zero-order chi connectivity index (χ0) is 42.4. The van der Waals surface area contributed by atoms with E-state index in [2.05, 4.69) is 10.6 Å². The van der Waals surface area contributed by atoms with Gasteiger partial charge in [-0.05, 0) is 43.1 Å². The fourth-order valence-electron chi connectivity index (χ4n) is 8.03. The highest BCUT2D eigenvalue weighted by atomic mass is 16.5. The summed E-state index contributed by atoms with van der Waals surface area (Å²) in [7, 11) is 6.33. The van der Waals surface area contributed by atoms with E-state index in [0.29, 0.717) is 24.9 Å². The van der Waals surface area contributed by atoms with E-state index in [1.54, 1.807) is 44.9 Å². The van der Waals surface area contributed by atoms with Crippen LogP contribution >= 0.6 is 0 Å². The van der Waals surface area contributed by atoms with Gasteiger partial charge in [0, 0.05) is 47.8 Å². The lowest BCUT2D eigenvalue weighted by Gasteiger charge is -2.41. The monoisotopic (exact) mass is 789 g/mol. The lowest BCUT2D eigenvalue weighted by Crippen LogP contribution is -2.60. The van der Waals surface area contributed by atoms with Gasteiger partial charge in [0.05, 0.1) is 48.8 Å². The van der Waals surface area contributed by atoms with Gasteiger partial charge in [-0.25, -0.2) is 0 Å². The lowest BCUT2D eigenvalue weighted by atomic mass is 9.89. The first-order valence-electron chi connectivity index (χ1n) is 20.3. The third-order valence-electron chi connectivity index (χ3n) is 11.5. The molecule has 1 heterocycles. The number of ether oxygens (including phenoxy) is 2. The highest BCUT2D eigenvalue weighted by Crippen LogP contribution is 2.30. The fourth-order valence-corrected chi connectivity index (χ4v) is 8.03. The van der Waals surface area contributed by atoms with E-state index in [4.69, 9.17) is 15.2 Å². The number of rotatable bonds is 22. The van der Waals surface area contributed by atoms with Crippen LogP contribution in [0.5, 0.6) is 0 Å². The molecule has 0 spiro atoms. The fraction of sp³-hybridized carbons (Fsp3) is 0.738. The van der Waals surface area contributed by atoms with Crippen LogP contribution in [0.15, 0.2) is 30.3 Å². The SMILES string of the molecule is CC[C@H](C)[C@@H]([C@@H](CC(=O)N1CCC[C@H]1C(OC)[C@@H](C)C(=O)N[C@H](C)[C@@H](O)c1ccccc1)OC)N(C)C(=O)[C@@H](NC(=O)[C@H](C(C)C)N(C)C(=O)CCN)C(C)C. The van der Waals surface area contributed by atoms with Crippen molar-refractivity contribution in [1.29, 1.82) is 0 Å². The molecule has 0 aromatic heterocycles. The first-order chi connectivity index (χ1) is 26.4. The summed E-state index contributed by atoms with van der Waals surface area (Å²) in [5, 5.41) is 16.7. The number of nitrogens with one attached hydrogen (secondary N) is 2. The minimum Gasteiger partial charge on any atom is -0.386 e. The van der Waals surface area contributed by atoms with Crippen LogP contribution in [0.3, 0.4) is 0 Å². The van der Waals surface area contributed by atoms with Crippen LogP contribution in [-0.2, 0) is 33.4 Å². The average Bonchev–Trinajstić information content (AvgIpc) is 3.65. The van der Waals surface area contributed by atoms with Crippen molar-refractivity contribution in [3.05, 3.63) is 35.9 Å². The molecule has 14 nitrogen and oxygen atoms in total. The predicted octanol–water partition coefficient (Wildman–Crippen LogP) is 3.12. The maximum absolute atomic E-state index is 14.4. The summed E-state index contributed by atoms with van der Waals surface area (Å²) in [4.78, 5) is 73.3. The summed E-state index contributed by atoms with van der Waals surface area (Å²) in [5.74, 6) is -2.67. The Bertz CT molecular complexity index is 1410. The van der Waals surface area contributed by atoms with Gasteiger partial charge in [0.2, 0.25) is 29.5 Å². The Kier molecular flexibility index (Phi) is 19.9. The van der Waals surface area contributed by atoms with Crippen molar-refractivity contribution in [3.63, 3.8) is 0 Å². The Morgan fingerprint density at radius 3 is 2.05 bits per heavy atom. The number of carbonyl (C=O) groups is 5. The van der Waals surface area contributed by atoms with E-state index in [1.165, 1.54) is 12.0 Å². The molecule has 5 amide bonds. The van der Waals surface area contributed by atoms with E-state index < -0.39 is 54.3 Å². The van der Waals surface area contributed by atoms with Crippen LogP contribution in [0.25, 0.3) is 0 Å². The summed E-state index contributed by atoms with van der Waals surface area (Å²) in [5.41, 5.74) is 6.30. The number of likely N-dealkylation sites (tertiary alicyclic amines) is 1. The molecule has 1 aromatic rings. The number of nitrogens with zero attached hydrogens (tertiary/aromatic N) is 3. The van der Waals surface area contributed by atoms with Gasteiger partial charge in [0.15, 0.2) is 0 Å². The second-order valence-electron chi connectivity index (χ2n) is 16.2. The average molecular weight is 789 g/mol. The topological polar surface area (TPSA) is 184 Å². The largest absolute Gasteiger partial charge is 0.386 e. The van der Waals surface area contributed by atoms with E-state index in [0.717, 1.165) is 6.42 Å². The number of aliphatic hydroxyl groups is 1. The van der Waals surface area contributed by atoms with Gasteiger partial charge in [-0.15, -0.1) is 0 Å². The molecule has 1 aromatic carbocycles. The highest BCUT2D eigenvalue weighted by Gasteiger charge is 2.43. The van der Waals surface area contributed by atoms with E-state index in [1.807, 2.05) is 71.9 Å². The molecule has 2 rings (SSSR count). The minimum absolute atomic E-state index is 0.0148. The highest BCUT2D eigenvalue weighted by molar-refractivity contribution is 5.92. The Balaban J connectivity index is 2.28. The van der Waals surface area contributed by atoms with Crippen LogP contribution < -0.4 is 16.4 Å². The zero-order valence-corrected chi connectivity index (χ0v) is 36.0. The molecule has 0 aliphatic carbocycles. The van der Waals surface area contributed by atoms with Gasteiger partial charge >= 0.3 is 0 Å². The molecule has 1 aliphatic heterocycles. The molecule has 1 aliphatic rings. The number of amides is 5. The third-order valence-corrected chi connectivity index (χ3v) is 11.5. The number of nitrogens with two attached hydrogens (primary N) is 1. The molecular formula is C42H72N6O8. The van der Waals surface area contributed by atoms with Crippen LogP contribution in [0.2, 0.25) is 0 Å². The molecule has 1 fully saturated rings. The Morgan fingerprint density at radius 2 is 1.54 bits per heavy atom. The zero-order valence-electron chi connectivity index (χ0n) is 36.0. The lowest BCUT2D eigenvalue weighted by molar-refractivity contribution is -0.148. The van der Waals surface area contributed by atoms with Crippen molar-refractivity contribution in [2.75, 3.05) is 41.4 Å². The number of carbonyl (C=O) groups excluding carboxylic acids is 5. The second kappa shape index (κ2) is 23.0. The standard InChI is InChI=1S/C42H72N6O8/c1-13-27(6)37(47(10)42(54)35(25(2)3)45-41(53)36(26(4)5)46(9)33(49)21-22-43)32(55-11)24-34(50)48-23-17-20-31(48)39(56-12)28(7)40(52)44-29(8)38(51)30-18-15-14-16-19-30/h14-16,18-19,25-29,31-32,35-39,51H,13,17,20-24,43H2,1-12H3,(H,44,52)(H,45,53)/t27-,28+,29+,31-,32+,35-,36-,37-,38+,39?/m0/s1. The second-order valence-corrected chi connectivity index (χ2v) is 16.2. The third kappa shape index (κ3) is 12.5. The molecule has 5 N–H and O–H groups in total. The van der Waals surface area contributed by atoms with Crippen LogP contribution in [0.1, 0.15) is 99.2 Å². The number of benzene rings is 1. The van der Waals surface area contributed by atoms with Crippen molar-refractivity contribution in [1.82, 2.24) is 25.3 Å². The summed E-state index contributed by atoms with van der Waals surface area (Å²) in [6.07, 6.45) is -0.00793. The number of hydrogen-bond donors (Lipinski definition) is 4. The molecule has 0 saturated carbocycles. The Labute approximate surface area is 335 Å². The van der Waals surface area contributed by atoms with Crippen LogP contribution in [0.4, 0.5) is 0 Å². The Morgan fingerprint density at radius 1 is 0.911 bits per heavy atom. The summed E-state index contributed by atoms with van der Waals surface area (Å²) in [6, 6.07) is 6.00.